The van der Waals surface area contributed by atoms with Gasteiger partial charge in [-0.25, -0.2) is 4.79 Å². The molecule has 0 spiro atoms. The van der Waals surface area contributed by atoms with E-state index in [1.165, 1.54) is 0 Å². The van der Waals surface area contributed by atoms with Crippen molar-refractivity contribution in [2.24, 2.45) is 5.92 Å². The van der Waals surface area contributed by atoms with E-state index in [0.717, 1.165) is 36.8 Å². The van der Waals surface area contributed by atoms with E-state index in [9.17, 15) is 19.5 Å². The number of rotatable bonds is 13. The number of aliphatic hydroxyl groups is 1. The number of hydrogen-bond acceptors (Lipinski definition) is 5. The molecular formula is C33H48N4O5. The number of nitrogens with one attached hydrogen (secondary N) is 3. The summed E-state index contributed by atoms with van der Waals surface area (Å²) in [4.78, 5) is 41.8. The van der Waals surface area contributed by atoms with Crippen LogP contribution in [0.5, 0.6) is 5.75 Å². The largest absolute Gasteiger partial charge is 0.489 e. The van der Waals surface area contributed by atoms with Crippen LogP contribution in [0.4, 0.5) is 4.79 Å². The minimum Gasteiger partial charge on any atom is -0.489 e. The van der Waals surface area contributed by atoms with Gasteiger partial charge in [-0.15, -0.1) is 0 Å². The number of likely N-dealkylation sites (tertiary alicyclic amines) is 1. The molecule has 0 aliphatic carbocycles. The third kappa shape index (κ3) is 11.0. The van der Waals surface area contributed by atoms with Crippen LogP contribution >= 0.6 is 0 Å². The summed E-state index contributed by atoms with van der Waals surface area (Å²) < 4.78 is 5.89. The standard InChI is InChI=1S/C33H48N4O5/c1-24(2)20-28(35-32(41)37-18-10-5-6-11-19-37)30(39)34-29(31(40)36-33(3,4)23-38)21-25-14-16-27(17-15-25)42-22-26-12-8-7-9-13-26/h7-9,12-17,24,28-29,38H,5-6,10-11,18-23H2,1-4H3,(H,34,39)(H,35,41)(H,36,40)/t28-,29-/m0/s1. The summed E-state index contributed by atoms with van der Waals surface area (Å²) in [5, 5.41) is 18.4. The predicted octanol–water partition coefficient (Wildman–Crippen LogP) is 4.18. The minimum absolute atomic E-state index is 0.147. The topological polar surface area (TPSA) is 120 Å². The van der Waals surface area contributed by atoms with Crippen molar-refractivity contribution < 1.29 is 24.2 Å². The zero-order valence-electron chi connectivity index (χ0n) is 25.5. The van der Waals surface area contributed by atoms with E-state index in [0.29, 0.717) is 31.9 Å². The van der Waals surface area contributed by atoms with E-state index in [1.807, 2.05) is 68.4 Å². The molecule has 0 unspecified atom stereocenters. The first-order valence-corrected chi connectivity index (χ1v) is 15.1. The highest BCUT2D eigenvalue weighted by atomic mass is 16.5. The van der Waals surface area contributed by atoms with Gasteiger partial charge in [-0.1, -0.05) is 69.2 Å². The summed E-state index contributed by atoms with van der Waals surface area (Å²) >= 11 is 0. The van der Waals surface area contributed by atoms with Crippen molar-refractivity contribution in [3.05, 3.63) is 65.7 Å². The van der Waals surface area contributed by atoms with Gasteiger partial charge in [0.15, 0.2) is 0 Å². The van der Waals surface area contributed by atoms with Gasteiger partial charge in [0.1, 0.15) is 24.4 Å². The van der Waals surface area contributed by atoms with Crippen molar-refractivity contribution in [1.82, 2.24) is 20.9 Å². The van der Waals surface area contributed by atoms with Crippen LogP contribution in [0.15, 0.2) is 54.6 Å². The molecule has 0 saturated carbocycles. The Morgan fingerprint density at radius 1 is 0.857 bits per heavy atom. The van der Waals surface area contributed by atoms with Gasteiger partial charge in [0.2, 0.25) is 11.8 Å². The summed E-state index contributed by atoms with van der Waals surface area (Å²) in [6.07, 6.45) is 4.77. The number of carbonyl (C=O) groups excluding carboxylic acids is 3. The summed E-state index contributed by atoms with van der Waals surface area (Å²) in [6.45, 7) is 8.95. The monoisotopic (exact) mass is 580 g/mol. The van der Waals surface area contributed by atoms with Gasteiger partial charge in [0, 0.05) is 19.5 Å². The highest BCUT2D eigenvalue weighted by Gasteiger charge is 2.31. The number of urea groups is 1. The molecule has 0 aromatic heterocycles. The Labute approximate surface area is 250 Å². The van der Waals surface area contributed by atoms with E-state index in [-0.39, 0.29) is 25.0 Å². The summed E-state index contributed by atoms with van der Waals surface area (Å²) in [5.74, 6) is 0.0297. The highest BCUT2D eigenvalue weighted by Crippen LogP contribution is 2.17. The lowest BCUT2D eigenvalue weighted by molar-refractivity contribution is -0.131. The van der Waals surface area contributed by atoms with Gasteiger partial charge in [-0.2, -0.15) is 0 Å². The van der Waals surface area contributed by atoms with E-state index >= 15 is 0 Å². The number of benzene rings is 2. The lowest BCUT2D eigenvalue weighted by Gasteiger charge is -2.29. The molecule has 0 radical (unpaired) electrons. The van der Waals surface area contributed by atoms with Gasteiger partial charge in [0.05, 0.1) is 12.1 Å². The first kappa shape index (κ1) is 32.9. The molecule has 0 bridgehead atoms. The summed E-state index contributed by atoms with van der Waals surface area (Å²) in [5.41, 5.74) is 1.03. The number of ether oxygens (including phenoxy) is 1. The van der Waals surface area contributed by atoms with Crippen LogP contribution in [0.3, 0.4) is 0 Å². The average Bonchev–Trinajstić information content (AvgIpc) is 3.26. The number of nitrogens with zero attached hydrogens (tertiary/aromatic N) is 1. The molecule has 2 atom stereocenters. The fourth-order valence-electron chi connectivity index (χ4n) is 4.86. The molecule has 1 aliphatic rings. The van der Waals surface area contributed by atoms with E-state index in [1.54, 1.807) is 18.7 Å². The second-order valence-corrected chi connectivity index (χ2v) is 12.2. The second kappa shape index (κ2) is 16.2. The lowest BCUT2D eigenvalue weighted by Crippen LogP contribution is -2.59. The fraction of sp³-hybridized carbons (Fsp3) is 0.545. The average molecular weight is 581 g/mol. The van der Waals surface area contributed by atoms with Crippen LogP contribution in [0.1, 0.15) is 70.9 Å². The molecule has 1 aliphatic heterocycles. The van der Waals surface area contributed by atoms with E-state index in [4.69, 9.17) is 4.74 Å². The van der Waals surface area contributed by atoms with E-state index < -0.39 is 29.4 Å². The quantitative estimate of drug-likeness (QED) is 0.283. The summed E-state index contributed by atoms with van der Waals surface area (Å²) in [7, 11) is 0. The fourth-order valence-corrected chi connectivity index (χ4v) is 4.86. The van der Waals surface area contributed by atoms with E-state index in [2.05, 4.69) is 16.0 Å². The molecule has 42 heavy (non-hydrogen) atoms. The predicted molar refractivity (Wildman–Crippen MR) is 164 cm³/mol. The molecule has 230 valence electrons. The van der Waals surface area contributed by atoms with Crippen LogP contribution in [0.2, 0.25) is 0 Å². The number of amides is 4. The lowest BCUT2D eigenvalue weighted by atomic mass is 10.00. The van der Waals surface area contributed by atoms with Crippen LogP contribution in [0.25, 0.3) is 0 Å². The molecule has 1 heterocycles. The Morgan fingerprint density at radius 2 is 1.50 bits per heavy atom. The van der Waals surface area contributed by atoms with Crippen molar-refractivity contribution in [1.29, 1.82) is 0 Å². The van der Waals surface area contributed by atoms with Gasteiger partial charge in [-0.05, 0) is 62.3 Å². The van der Waals surface area contributed by atoms with Crippen molar-refractivity contribution in [2.45, 2.75) is 90.4 Å². The Morgan fingerprint density at radius 3 is 2.10 bits per heavy atom. The van der Waals surface area contributed by atoms with Crippen LogP contribution in [0, 0.1) is 5.92 Å². The first-order valence-electron chi connectivity index (χ1n) is 15.1. The Hall–Kier alpha value is -3.59. The molecule has 4 N–H and O–H groups in total. The molecule has 1 saturated heterocycles. The van der Waals surface area contributed by atoms with Gasteiger partial charge >= 0.3 is 6.03 Å². The number of aliphatic hydroxyl groups excluding tert-OH is 1. The molecule has 2 aromatic rings. The maximum atomic E-state index is 13.6. The second-order valence-electron chi connectivity index (χ2n) is 12.2. The third-order valence-electron chi connectivity index (χ3n) is 7.32. The van der Waals surface area contributed by atoms with Crippen molar-refractivity contribution in [3.63, 3.8) is 0 Å². The molecule has 4 amide bonds. The zero-order chi connectivity index (χ0) is 30.5. The maximum Gasteiger partial charge on any atom is 0.318 e. The normalized spacial score (nSPS) is 15.3. The summed E-state index contributed by atoms with van der Waals surface area (Å²) in [6, 6.07) is 15.4. The van der Waals surface area contributed by atoms with Crippen molar-refractivity contribution in [2.75, 3.05) is 19.7 Å². The van der Waals surface area contributed by atoms with Crippen LogP contribution in [-0.2, 0) is 22.6 Å². The SMILES string of the molecule is CC(C)C[C@H](NC(=O)N1CCCCCC1)C(=O)N[C@@H](Cc1ccc(OCc2ccccc2)cc1)C(=O)NC(C)(C)CO. The van der Waals surface area contributed by atoms with Crippen molar-refractivity contribution >= 4 is 17.8 Å². The Kier molecular flexibility index (Phi) is 12.7. The smallest absolute Gasteiger partial charge is 0.318 e. The van der Waals surface area contributed by atoms with Crippen LogP contribution < -0.4 is 20.7 Å². The number of carbonyl (C=O) groups is 3. The third-order valence-corrected chi connectivity index (χ3v) is 7.32. The maximum absolute atomic E-state index is 13.6. The van der Waals surface area contributed by atoms with Gasteiger partial charge < -0.3 is 30.7 Å². The molecule has 3 rings (SSSR count). The molecule has 2 aromatic carbocycles. The van der Waals surface area contributed by atoms with Gasteiger partial charge in [0.25, 0.3) is 0 Å². The molecule has 9 heteroatoms. The Balaban J connectivity index is 1.72. The molecule has 1 fully saturated rings. The zero-order valence-corrected chi connectivity index (χ0v) is 25.5. The van der Waals surface area contributed by atoms with Crippen molar-refractivity contribution in [3.8, 4) is 5.75 Å². The number of hydrogen-bond donors (Lipinski definition) is 4. The van der Waals surface area contributed by atoms with Gasteiger partial charge in [-0.3, -0.25) is 9.59 Å². The molecular weight excluding hydrogens is 532 g/mol. The Bertz CT molecular complexity index is 1130. The van der Waals surface area contributed by atoms with Crippen LogP contribution in [-0.4, -0.2) is 65.2 Å². The molecule has 9 nitrogen and oxygen atoms in total. The minimum atomic E-state index is -0.913. The first-order chi connectivity index (χ1) is 20.1. The highest BCUT2D eigenvalue weighted by molar-refractivity contribution is 5.92.